The molecule has 0 spiro atoms. The summed E-state index contributed by atoms with van der Waals surface area (Å²) < 4.78 is 32.4. The van der Waals surface area contributed by atoms with Crippen LogP contribution in [0, 0.1) is 11.8 Å². The first-order valence-corrected chi connectivity index (χ1v) is 11.6. The number of hydrogen-bond acceptors (Lipinski definition) is 5. The van der Waals surface area contributed by atoms with E-state index in [1.54, 1.807) is 31.3 Å². The van der Waals surface area contributed by atoms with Crippen molar-refractivity contribution in [3.05, 3.63) is 59.7 Å². The van der Waals surface area contributed by atoms with Gasteiger partial charge in [-0.25, -0.2) is 13.2 Å². The fourth-order valence-electron chi connectivity index (χ4n) is 4.07. The number of benzene rings is 2. The summed E-state index contributed by atoms with van der Waals surface area (Å²) in [5.41, 5.74) is 1.00. The zero-order chi connectivity index (χ0) is 22.8. The summed E-state index contributed by atoms with van der Waals surface area (Å²) in [5, 5.41) is 0. The first-order chi connectivity index (χ1) is 14.6. The summed E-state index contributed by atoms with van der Waals surface area (Å²) in [4.78, 5) is 26.5. The molecule has 1 heterocycles. The lowest BCUT2D eigenvalue weighted by molar-refractivity contribution is 0.0601. The number of piperidine rings is 1. The molecule has 1 fully saturated rings. The molecule has 7 nitrogen and oxygen atoms in total. The summed E-state index contributed by atoms with van der Waals surface area (Å²) in [6.45, 7) is 5.12. The third-order valence-corrected chi connectivity index (χ3v) is 7.40. The van der Waals surface area contributed by atoms with E-state index in [0.717, 1.165) is 6.42 Å². The number of sulfonamides is 1. The molecule has 2 aromatic carbocycles. The molecule has 2 aromatic rings. The summed E-state index contributed by atoms with van der Waals surface area (Å²) in [7, 11) is -0.774. The highest BCUT2D eigenvalue weighted by molar-refractivity contribution is 7.89. The van der Waals surface area contributed by atoms with Crippen molar-refractivity contribution in [3.63, 3.8) is 0 Å². The van der Waals surface area contributed by atoms with Crippen LogP contribution >= 0.6 is 0 Å². The van der Waals surface area contributed by atoms with Crippen LogP contribution in [0.2, 0.25) is 0 Å². The number of hydrogen-bond donors (Lipinski definition) is 0. The van der Waals surface area contributed by atoms with Crippen LogP contribution in [0.4, 0.5) is 5.69 Å². The van der Waals surface area contributed by atoms with Gasteiger partial charge < -0.3 is 9.64 Å². The van der Waals surface area contributed by atoms with Gasteiger partial charge in [0.15, 0.2) is 0 Å². The largest absolute Gasteiger partial charge is 0.465 e. The minimum Gasteiger partial charge on any atom is -0.465 e. The molecule has 31 heavy (non-hydrogen) atoms. The van der Waals surface area contributed by atoms with E-state index in [1.807, 2.05) is 0 Å². The molecule has 1 saturated heterocycles. The van der Waals surface area contributed by atoms with E-state index < -0.39 is 16.0 Å². The summed E-state index contributed by atoms with van der Waals surface area (Å²) in [5.74, 6) is -0.284. The second-order valence-corrected chi connectivity index (χ2v) is 10.1. The summed E-state index contributed by atoms with van der Waals surface area (Å²) in [6, 6.07) is 12.6. The number of nitrogens with zero attached hydrogens (tertiary/aromatic N) is 2. The first kappa shape index (κ1) is 23.0. The van der Waals surface area contributed by atoms with Crippen molar-refractivity contribution in [3.8, 4) is 0 Å². The van der Waals surface area contributed by atoms with Gasteiger partial charge in [-0.15, -0.1) is 0 Å². The molecule has 1 aliphatic rings. The Morgan fingerprint density at radius 2 is 1.58 bits per heavy atom. The van der Waals surface area contributed by atoms with Crippen LogP contribution in [0.3, 0.4) is 0 Å². The Labute approximate surface area is 183 Å². The lowest BCUT2D eigenvalue weighted by Crippen LogP contribution is -2.42. The zero-order valence-corrected chi connectivity index (χ0v) is 19.1. The van der Waals surface area contributed by atoms with Crippen LogP contribution < -0.4 is 4.90 Å². The number of methoxy groups -OCH3 is 1. The van der Waals surface area contributed by atoms with Crippen LogP contribution in [-0.4, -0.2) is 51.8 Å². The summed E-state index contributed by atoms with van der Waals surface area (Å²) >= 11 is 0. The molecule has 0 bridgehead atoms. The average molecular weight is 445 g/mol. The maximum atomic E-state index is 13.0. The van der Waals surface area contributed by atoms with Gasteiger partial charge in [0.2, 0.25) is 10.0 Å². The van der Waals surface area contributed by atoms with Crippen molar-refractivity contribution in [2.75, 3.05) is 32.1 Å². The third-order valence-electron chi connectivity index (χ3n) is 5.55. The molecule has 8 heteroatoms. The number of ether oxygens (including phenoxy) is 1. The maximum Gasteiger partial charge on any atom is 0.339 e. The van der Waals surface area contributed by atoms with Gasteiger partial charge in [-0.1, -0.05) is 26.0 Å². The Hall–Kier alpha value is -2.71. The van der Waals surface area contributed by atoms with Crippen LogP contribution in [0.15, 0.2) is 53.4 Å². The quantitative estimate of drug-likeness (QED) is 0.660. The van der Waals surface area contributed by atoms with Gasteiger partial charge in [-0.3, -0.25) is 4.79 Å². The van der Waals surface area contributed by atoms with E-state index in [4.69, 9.17) is 4.74 Å². The predicted octanol–water partition coefficient (Wildman–Crippen LogP) is 3.42. The number of anilines is 1. The molecular formula is C23H28N2O5S. The monoisotopic (exact) mass is 444 g/mol. The minimum absolute atomic E-state index is 0.169. The lowest BCUT2D eigenvalue weighted by atomic mass is 9.94. The van der Waals surface area contributed by atoms with E-state index in [0.29, 0.717) is 36.2 Å². The minimum atomic E-state index is -3.62. The van der Waals surface area contributed by atoms with Crippen molar-refractivity contribution in [2.45, 2.75) is 25.2 Å². The molecule has 0 N–H and O–H groups in total. The van der Waals surface area contributed by atoms with E-state index in [9.17, 15) is 18.0 Å². The Kier molecular flexibility index (Phi) is 6.81. The van der Waals surface area contributed by atoms with Crippen LogP contribution in [-0.2, 0) is 14.8 Å². The molecule has 166 valence electrons. The topological polar surface area (TPSA) is 84.0 Å². The predicted molar refractivity (Wildman–Crippen MR) is 119 cm³/mol. The fraction of sp³-hybridized carbons (Fsp3) is 0.391. The molecule has 0 aromatic heterocycles. The molecule has 0 unspecified atom stereocenters. The van der Waals surface area contributed by atoms with E-state index in [1.165, 1.54) is 40.6 Å². The Balaban J connectivity index is 1.83. The molecular weight excluding hydrogens is 416 g/mol. The molecule has 0 radical (unpaired) electrons. The first-order valence-electron chi connectivity index (χ1n) is 10.2. The molecule has 1 amide bonds. The van der Waals surface area contributed by atoms with Crippen LogP contribution in [0.1, 0.15) is 41.0 Å². The number of rotatable bonds is 5. The fourth-order valence-corrected chi connectivity index (χ4v) is 5.75. The number of carbonyl (C=O) groups excluding carboxylic acids is 2. The molecule has 2 atom stereocenters. The van der Waals surface area contributed by atoms with Gasteiger partial charge in [-0.2, -0.15) is 4.31 Å². The standard InChI is InChI=1S/C23H28N2O5S/c1-16-13-17(2)15-25(14-16)31(28,29)19-11-9-18(10-12-19)22(26)24(3)21-8-6-5-7-20(21)23(27)30-4/h5-12,16-17H,13-15H2,1-4H3/t16-,17+. The molecule has 3 rings (SSSR count). The summed E-state index contributed by atoms with van der Waals surface area (Å²) in [6.07, 6.45) is 1.01. The lowest BCUT2D eigenvalue weighted by Gasteiger charge is -2.34. The zero-order valence-electron chi connectivity index (χ0n) is 18.2. The second kappa shape index (κ2) is 9.20. The number of amides is 1. The van der Waals surface area contributed by atoms with Gasteiger partial charge in [0, 0.05) is 25.7 Å². The Morgan fingerprint density at radius 3 is 2.16 bits per heavy atom. The molecule has 1 aliphatic heterocycles. The highest BCUT2D eigenvalue weighted by Gasteiger charge is 2.31. The number of carbonyl (C=O) groups is 2. The molecule has 0 saturated carbocycles. The van der Waals surface area contributed by atoms with Crippen molar-refractivity contribution < 1.29 is 22.7 Å². The maximum absolute atomic E-state index is 13.0. The third kappa shape index (κ3) is 4.80. The van der Waals surface area contributed by atoms with Crippen LogP contribution in [0.25, 0.3) is 0 Å². The van der Waals surface area contributed by atoms with Gasteiger partial charge in [0.05, 0.1) is 23.3 Å². The molecule has 0 aliphatic carbocycles. The van der Waals surface area contributed by atoms with Gasteiger partial charge in [0.25, 0.3) is 5.91 Å². The average Bonchev–Trinajstić information content (AvgIpc) is 2.77. The van der Waals surface area contributed by atoms with E-state index in [2.05, 4.69) is 13.8 Å². The SMILES string of the molecule is COC(=O)c1ccccc1N(C)C(=O)c1ccc(S(=O)(=O)N2C[C@H](C)C[C@H](C)C2)cc1. The second-order valence-electron chi connectivity index (χ2n) is 8.17. The number of para-hydroxylation sites is 1. The van der Waals surface area contributed by atoms with Crippen molar-refractivity contribution in [1.82, 2.24) is 4.31 Å². The highest BCUT2D eigenvalue weighted by atomic mass is 32.2. The van der Waals surface area contributed by atoms with Crippen molar-refractivity contribution in [2.24, 2.45) is 11.8 Å². The Morgan fingerprint density at radius 1 is 1.00 bits per heavy atom. The van der Waals surface area contributed by atoms with Crippen molar-refractivity contribution in [1.29, 1.82) is 0 Å². The van der Waals surface area contributed by atoms with E-state index >= 15 is 0 Å². The van der Waals surface area contributed by atoms with Crippen molar-refractivity contribution >= 4 is 27.6 Å². The Bertz CT molecular complexity index is 1060. The number of esters is 1. The normalized spacial score (nSPS) is 19.6. The smallest absolute Gasteiger partial charge is 0.339 e. The van der Waals surface area contributed by atoms with Crippen LogP contribution in [0.5, 0.6) is 0 Å². The highest BCUT2D eigenvalue weighted by Crippen LogP contribution is 2.27. The van der Waals surface area contributed by atoms with Gasteiger partial charge >= 0.3 is 5.97 Å². The van der Waals surface area contributed by atoms with E-state index in [-0.39, 0.29) is 16.4 Å². The van der Waals surface area contributed by atoms with Gasteiger partial charge in [0.1, 0.15) is 0 Å². The van der Waals surface area contributed by atoms with Gasteiger partial charge in [-0.05, 0) is 54.7 Å².